The van der Waals surface area contributed by atoms with Crippen molar-refractivity contribution in [2.45, 2.75) is 6.54 Å². The summed E-state index contributed by atoms with van der Waals surface area (Å²) in [5.74, 6) is 0.484. The molecule has 1 aromatic carbocycles. The molecule has 0 amide bonds. The lowest BCUT2D eigenvalue weighted by molar-refractivity contribution is 0.628. The molecule has 0 fully saturated rings. The quantitative estimate of drug-likeness (QED) is 0.730. The Kier molecular flexibility index (Phi) is 3.66. The fourth-order valence-corrected chi connectivity index (χ4v) is 1.49. The van der Waals surface area contributed by atoms with Gasteiger partial charge in [0.25, 0.3) is 0 Å². The van der Waals surface area contributed by atoms with Crippen LogP contribution in [-0.4, -0.2) is 15.1 Å². The average molecular weight is 250 g/mol. The number of thiocarbonyl (C=S) groups is 1. The van der Waals surface area contributed by atoms with E-state index >= 15 is 0 Å². The molecule has 0 aliphatic carbocycles. The number of hydrogen-bond donors (Lipinski definition) is 3. The van der Waals surface area contributed by atoms with Crippen LogP contribution < -0.4 is 10.6 Å². The van der Waals surface area contributed by atoms with Crippen molar-refractivity contribution in [3.8, 4) is 0 Å². The van der Waals surface area contributed by atoms with Crippen molar-refractivity contribution in [1.82, 2.24) is 15.3 Å². The van der Waals surface area contributed by atoms with Crippen LogP contribution >= 0.6 is 12.2 Å². The second kappa shape index (κ2) is 5.40. The van der Waals surface area contributed by atoms with Crippen molar-refractivity contribution in [3.05, 3.63) is 48.3 Å². The third-order valence-electron chi connectivity index (χ3n) is 2.05. The van der Waals surface area contributed by atoms with E-state index < -0.39 is 0 Å². The van der Waals surface area contributed by atoms with Crippen LogP contribution in [0.15, 0.2) is 36.7 Å². The van der Waals surface area contributed by atoms with Crippen LogP contribution in [0.25, 0.3) is 0 Å². The molecule has 6 heteroatoms. The van der Waals surface area contributed by atoms with E-state index in [9.17, 15) is 4.39 Å². The topological polar surface area (TPSA) is 52.7 Å². The first-order valence-corrected chi connectivity index (χ1v) is 5.43. The zero-order valence-electron chi connectivity index (χ0n) is 8.90. The molecule has 2 aromatic rings. The highest BCUT2D eigenvalue weighted by atomic mass is 32.1. The van der Waals surface area contributed by atoms with E-state index in [1.807, 2.05) is 0 Å². The first kappa shape index (κ1) is 11.5. The van der Waals surface area contributed by atoms with Crippen molar-refractivity contribution < 1.29 is 4.39 Å². The van der Waals surface area contributed by atoms with Gasteiger partial charge in [0, 0.05) is 18.1 Å². The Hall–Kier alpha value is -1.95. The zero-order chi connectivity index (χ0) is 12.1. The molecule has 0 spiro atoms. The van der Waals surface area contributed by atoms with Gasteiger partial charge in [0.2, 0.25) is 0 Å². The van der Waals surface area contributed by atoms with Crippen LogP contribution in [0.2, 0.25) is 0 Å². The Bertz CT molecular complexity index is 498. The third kappa shape index (κ3) is 3.53. The van der Waals surface area contributed by atoms with Crippen molar-refractivity contribution in [2.75, 3.05) is 5.32 Å². The van der Waals surface area contributed by atoms with Gasteiger partial charge < -0.3 is 15.6 Å². The van der Waals surface area contributed by atoms with Crippen molar-refractivity contribution in [3.63, 3.8) is 0 Å². The van der Waals surface area contributed by atoms with Crippen LogP contribution in [0.3, 0.4) is 0 Å². The van der Waals surface area contributed by atoms with Gasteiger partial charge in [-0.2, -0.15) is 0 Å². The maximum Gasteiger partial charge on any atom is 0.171 e. The molecule has 3 N–H and O–H groups in total. The Morgan fingerprint density at radius 3 is 3.06 bits per heavy atom. The van der Waals surface area contributed by atoms with Crippen molar-refractivity contribution in [1.29, 1.82) is 0 Å². The summed E-state index contributed by atoms with van der Waals surface area (Å²) in [4.78, 5) is 6.99. The highest BCUT2D eigenvalue weighted by molar-refractivity contribution is 7.80. The molecule has 2 rings (SSSR count). The van der Waals surface area contributed by atoms with Gasteiger partial charge >= 0.3 is 0 Å². The van der Waals surface area contributed by atoms with E-state index in [0.717, 1.165) is 5.82 Å². The number of imidazole rings is 1. The Morgan fingerprint density at radius 2 is 2.35 bits per heavy atom. The third-order valence-corrected chi connectivity index (χ3v) is 2.30. The highest BCUT2D eigenvalue weighted by Crippen LogP contribution is 2.08. The molecule has 0 aliphatic heterocycles. The fourth-order valence-electron chi connectivity index (χ4n) is 1.30. The first-order valence-electron chi connectivity index (χ1n) is 5.03. The molecule has 17 heavy (non-hydrogen) atoms. The smallest absolute Gasteiger partial charge is 0.171 e. The summed E-state index contributed by atoms with van der Waals surface area (Å²) in [6.07, 6.45) is 3.40. The van der Waals surface area contributed by atoms with E-state index in [4.69, 9.17) is 12.2 Å². The standard InChI is InChI=1S/C11H11FN4S/c12-8-2-1-3-9(6-8)16-11(17)15-7-10-13-4-5-14-10/h1-6H,7H2,(H,13,14)(H2,15,16,17). The largest absolute Gasteiger partial charge is 0.355 e. The predicted octanol–water partition coefficient (Wildman–Crippen LogP) is 2.04. The monoisotopic (exact) mass is 250 g/mol. The van der Waals surface area contributed by atoms with Crippen molar-refractivity contribution >= 4 is 23.0 Å². The van der Waals surface area contributed by atoms with E-state index in [2.05, 4.69) is 20.6 Å². The number of hydrogen-bond acceptors (Lipinski definition) is 2. The van der Waals surface area contributed by atoms with Crippen LogP contribution in [-0.2, 0) is 6.54 Å². The van der Waals surface area contributed by atoms with E-state index in [1.54, 1.807) is 24.5 Å². The molecule has 0 unspecified atom stereocenters. The molecule has 0 radical (unpaired) electrons. The van der Waals surface area contributed by atoms with Gasteiger partial charge in [-0.05, 0) is 30.4 Å². The first-order chi connectivity index (χ1) is 8.24. The SMILES string of the molecule is Fc1cccc(NC(=S)NCc2ncc[nH]2)c1. The highest BCUT2D eigenvalue weighted by Gasteiger charge is 1.99. The van der Waals surface area contributed by atoms with Crippen LogP contribution in [0.4, 0.5) is 10.1 Å². The number of aromatic amines is 1. The minimum absolute atomic E-state index is 0.302. The normalized spacial score (nSPS) is 9.94. The Morgan fingerprint density at radius 1 is 1.47 bits per heavy atom. The number of nitrogens with zero attached hydrogens (tertiary/aromatic N) is 1. The molecule has 0 saturated carbocycles. The fraction of sp³-hybridized carbons (Fsp3) is 0.0909. The van der Waals surface area contributed by atoms with Crippen LogP contribution in [0.1, 0.15) is 5.82 Å². The lowest BCUT2D eigenvalue weighted by Crippen LogP contribution is -2.28. The number of nitrogens with one attached hydrogen (secondary N) is 3. The van der Waals surface area contributed by atoms with Gasteiger partial charge in [0.1, 0.15) is 11.6 Å². The summed E-state index contributed by atoms with van der Waals surface area (Å²) in [6, 6.07) is 6.11. The molecular weight excluding hydrogens is 239 g/mol. The molecule has 0 bridgehead atoms. The molecule has 0 aliphatic rings. The van der Waals surface area contributed by atoms with Gasteiger partial charge in [0.05, 0.1) is 6.54 Å². The van der Waals surface area contributed by atoms with Gasteiger partial charge in [0.15, 0.2) is 5.11 Å². The second-order valence-electron chi connectivity index (χ2n) is 3.35. The van der Waals surface area contributed by atoms with Gasteiger partial charge in [-0.3, -0.25) is 0 Å². The van der Waals surface area contributed by atoms with Crippen LogP contribution in [0, 0.1) is 5.82 Å². The maximum absolute atomic E-state index is 12.9. The summed E-state index contributed by atoms with van der Waals surface area (Å²) < 4.78 is 12.9. The van der Waals surface area contributed by atoms with Gasteiger partial charge in [-0.25, -0.2) is 9.37 Å². The predicted molar refractivity (Wildman–Crippen MR) is 68.0 cm³/mol. The molecule has 0 atom stereocenters. The second-order valence-corrected chi connectivity index (χ2v) is 3.76. The zero-order valence-corrected chi connectivity index (χ0v) is 9.72. The molecular formula is C11H11FN4S. The molecule has 0 saturated heterocycles. The summed E-state index contributed by atoms with van der Waals surface area (Å²) in [7, 11) is 0. The number of H-pyrrole nitrogens is 1. The van der Waals surface area contributed by atoms with E-state index in [0.29, 0.717) is 17.3 Å². The number of aromatic nitrogens is 2. The molecule has 4 nitrogen and oxygen atoms in total. The number of benzene rings is 1. The van der Waals surface area contributed by atoms with Gasteiger partial charge in [-0.15, -0.1) is 0 Å². The van der Waals surface area contributed by atoms with Crippen LogP contribution in [0.5, 0.6) is 0 Å². The van der Waals surface area contributed by atoms with Crippen molar-refractivity contribution in [2.24, 2.45) is 0 Å². The number of rotatable bonds is 3. The summed E-state index contributed by atoms with van der Waals surface area (Å²) in [5.41, 5.74) is 0.613. The summed E-state index contributed by atoms with van der Waals surface area (Å²) in [5, 5.41) is 6.26. The molecule has 88 valence electrons. The Labute approximate surface area is 103 Å². The minimum Gasteiger partial charge on any atom is -0.355 e. The molecule has 1 aromatic heterocycles. The Balaban J connectivity index is 1.85. The lowest BCUT2D eigenvalue weighted by Gasteiger charge is -2.09. The van der Waals surface area contributed by atoms with E-state index in [1.165, 1.54) is 12.1 Å². The van der Waals surface area contributed by atoms with Gasteiger partial charge in [-0.1, -0.05) is 6.07 Å². The maximum atomic E-state index is 12.9. The number of halogens is 1. The van der Waals surface area contributed by atoms with E-state index in [-0.39, 0.29) is 5.82 Å². The average Bonchev–Trinajstić information content (AvgIpc) is 2.79. The summed E-state index contributed by atoms with van der Waals surface area (Å²) in [6.45, 7) is 0.494. The molecule has 1 heterocycles. The number of anilines is 1. The summed E-state index contributed by atoms with van der Waals surface area (Å²) >= 11 is 5.07. The minimum atomic E-state index is -0.302. The lowest BCUT2D eigenvalue weighted by atomic mass is 10.3.